The second-order valence-electron chi connectivity index (χ2n) is 5.67. The largest absolute Gasteiger partial charge is 0.375 e. The number of hydrogen-bond donors (Lipinski definition) is 1. The highest BCUT2D eigenvalue weighted by Crippen LogP contribution is 2.21. The van der Waals surface area contributed by atoms with Crippen LogP contribution in [-0.4, -0.2) is 36.5 Å². The molecule has 7 heteroatoms. The van der Waals surface area contributed by atoms with Gasteiger partial charge in [-0.2, -0.15) is 0 Å². The van der Waals surface area contributed by atoms with Gasteiger partial charge in [0.25, 0.3) is 0 Å². The minimum Gasteiger partial charge on any atom is -0.375 e. The van der Waals surface area contributed by atoms with Gasteiger partial charge in [0, 0.05) is 31.6 Å². The van der Waals surface area contributed by atoms with Crippen molar-refractivity contribution in [3.63, 3.8) is 0 Å². The molecule has 1 N–H and O–H groups in total. The molecular weight excluding hydrogens is 339 g/mol. The highest BCUT2D eigenvalue weighted by molar-refractivity contribution is 7.09. The number of thiazole rings is 1. The molecule has 0 amide bonds. The average molecular weight is 364 g/mol. The number of rotatable bonds is 7. The number of halogens is 1. The highest BCUT2D eigenvalue weighted by atomic mass is 32.1. The molecule has 0 bridgehead atoms. The third kappa shape index (κ3) is 5.51. The minimum absolute atomic E-state index is 0.00739. The van der Waals surface area contributed by atoms with Gasteiger partial charge in [-0.3, -0.25) is 0 Å². The number of methoxy groups -OCH3 is 1. The molecule has 1 aromatic heterocycles. The molecule has 2 aromatic rings. The van der Waals surface area contributed by atoms with Gasteiger partial charge in [0.2, 0.25) is 0 Å². The van der Waals surface area contributed by atoms with E-state index in [4.69, 9.17) is 4.74 Å². The molecule has 2 rings (SSSR count). The summed E-state index contributed by atoms with van der Waals surface area (Å²) < 4.78 is 19.1. The molecule has 1 unspecified atom stereocenters. The van der Waals surface area contributed by atoms with Crippen molar-refractivity contribution in [2.24, 2.45) is 4.99 Å². The van der Waals surface area contributed by atoms with Crippen LogP contribution in [-0.2, 0) is 17.8 Å². The molecule has 1 aromatic carbocycles. The zero-order chi connectivity index (χ0) is 18.2. The molecule has 0 saturated heterocycles. The zero-order valence-electron chi connectivity index (χ0n) is 15.1. The summed E-state index contributed by atoms with van der Waals surface area (Å²) in [5, 5.41) is 6.22. The Morgan fingerprint density at radius 3 is 2.88 bits per heavy atom. The van der Waals surface area contributed by atoms with Crippen LogP contribution >= 0.6 is 11.3 Å². The average Bonchev–Trinajstić information content (AvgIpc) is 3.07. The molecule has 0 aliphatic rings. The Labute approximate surface area is 152 Å². The van der Waals surface area contributed by atoms with Crippen molar-refractivity contribution in [3.8, 4) is 0 Å². The van der Waals surface area contributed by atoms with Gasteiger partial charge in [-0.15, -0.1) is 11.3 Å². The first kappa shape index (κ1) is 19.3. The summed E-state index contributed by atoms with van der Waals surface area (Å²) in [4.78, 5) is 11.1. The monoisotopic (exact) mass is 364 g/mol. The van der Waals surface area contributed by atoms with Crippen molar-refractivity contribution in [2.45, 2.75) is 33.0 Å². The van der Waals surface area contributed by atoms with Crippen molar-refractivity contribution >= 4 is 17.3 Å². The summed E-state index contributed by atoms with van der Waals surface area (Å²) in [5.41, 5.74) is 1.54. The first-order valence-electron chi connectivity index (χ1n) is 8.25. The van der Waals surface area contributed by atoms with Crippen LogP contribution in [0.25, 0.3) is 0 Å². The fraction of sp³-hybridized carbons (Fsp3) is 0.444. The number of guanidine groups is 1. The molecule has 0 saturated carbocycles. The third-order valence-electron chi connectivity index (χ3n) is 3.72. The predicted octanol–water partition coefficient (Wildman–Crippen LogP) is 3.59. The summed E-state index contributed by atoms with van der Waals surface area (Å²) in [6.07, 6.45) is -0.00739. The van der Waals surface area contributed by atoms with E-state index >= 15 is 0 Å². The number of ether oxygens (including phenoxy) is 1. The third-order valence-corrected chi connectivity index (χ3v) is 4.78. The lowest BCUT2D eigenvalue weighted by molar-refractivity contribution is 0.119. The second-order valence-corrected chi connectivity index (χ2v) is 6.56. The molecule has 25 heavy (non-hydrogen) atoms. The SMILES string of the molecule is CCNC(=NCc1ccccc1F)N(C)Cc1csc(C(C)OC)n1. The van der Waals surface area contributed by atoms with Gasteiger partial charge in [-0.25, -0.2) is 14.4 Å². The van der Waals surface area contributed by atoms with Gasteiger partial charge >= 0.3 is 0 Å². The number of nitrogens with zero attached hydrogens (tertiary/aromatic N) is 3. The van der Waals surface area contributed by atoms with Crippen molar-refractivity contribution in [2.75, 3.05) is 20.7 Å². The maximum Gasteiger partial charge on any atom is 0.194 e. The summed E-state index contributed by atoms with van der Waals surface area (Å²) in [6.45, 7) is 5.64. The Kier molecular flexibility index (Phi) is 7.33. The van der Waals surface area contributed by atoms with Crippen LogP contribution in [0.2, 0.25) is 0 Å². The highest BCUT2D eigenvalue weighted by Gasteiger charge is 2.13. The van der Waals surface area contributed by atoms with Crippen molar-refractivity contribution < 1.29 is 9.13 Å². The number of aliphatic imine (C=N–C) groups is 1. The summed E-state index contributed by atoms with van der Waals surface area (Å²) >= 11 is 1.59. The second kappa shape index (κ2) is 9.48. The Balaban J connectivity index is 2.06. The van der Waals surface area contributed by atoms with E-state index in [-0.39, 0.29) is 11.9 Å². The standard InChI is InChI=1S/C18H25FN4OS/c1-5-20-18(21-10-14-8-6-7-9-16(14)19)23(3)11-15-12-25-17(22-15)13(2)24-4/h6-9,12-13H,5,10-11H2,1-4H3,(H,20,21). The fourth-order valence-corrected chi connectivity index (χ4v) is 3.10. The molecule has 0 aliphatic heterocycles. The van der Waals surface area contributed by atoms with Gasteiger partial charge in [0.05, 0.1) is 18.8 Å². The number of nitrogens with one attached hydrogen (secondary N) is 1. The van der Waals surface area contributed by atoms with Crippen LogP contribution in [0.5, 0.6) is 0 Å². The van der Waals surface area contributed by atoms with Crippen molar-refractivity contribution in [1.29, 1.82) is 0 Å². The van der Waals surface area contributed by atoms with Gasteiger partial charge in [0.15, 0.2) is 5.96 Å². The molecule has 0 radical (unpaired) electrons. The lowest BCUT2D eigenvalue weighted by Gasteiger charge is -2.21. The van der Waals surface area contributed by atoms with E-state index in [1.807, 2.05) is 37.2 Å². The number of aromatic nitrogens is 1. The molecule has 1 heterocycles. The van der Waals surface area contributed by atoms with Gasteiger partial charge in [-0.1, -0.05) is 18.2 Å². The first-order chi connectivity index (χ1) is 12.0. The molecule has 0 fully saturated rings. The van der Waals surface area contributed by atoms with Crippen LogP contribution in [0, 0.1) is 5.82 Å². The molecule has 0 spiro atoms. The van der Waals surface area contributed by atoms with E-state index in [1.165, 1.54) is 6.07 Å². The minimum atomic E-state index is -0.234. The topological polar surface area (TPSA) is 49.8 Å². The van der Waals surface area contributed by atoms with Crippen molar-refractivity contribution in [3.05, 3.63) is 51.7 Å². The van der Waals surface area contributed by atoms with Gasteiger partial charge in [-0.05, 0) is 19.9 Å². The van der Waals surface area contributed by atoms with E-state index in [9.17, 15) is 4.39 Å². The van der Waals surface area contributed by atoms with E-state index in [1.54, 1.807) is 30.6 Å². The lowest BCUT2D eigenvalue weighted by Crippen LogP contribution is -2.38. The van der Waals surface area contributed by atoms with Gasteiger partial charge < -0.3 is 15.0 Å². The van der Waals surface area contributed by atoms with E-state index in [2.05, 4.69) is 15.3 Å². The smallest absolute Gasteiger partial charge is 0.194 e. The Morgan fingerprint density at radius 1 is 1.44 bits per heavy atom. The lowest BCUT2D eigenvalue weighted by atomic mass is 10.2. The maximum absolute atomic E-state index is 13.8. The zero-order valence-corrected chi connectivity index (χ0v) is 15.9. The van der Waals surface area contributed by atoms with Crippen LogP contribution in [0.15, 0.2) is 34.6 Å². The molecule has 136 valence electrons. The number of hydrogen-bond acceptors (Lipinski definition) is 4. The van der Waals surface area contributed by atoms with Crippen LogP contribution in [0.1, 0.15) is 36.2 Å². The van der Waals surface area contributed by atoms with Crippen LogP contribution < -0.4 is 5.32 Å². The quantitative estimate of drug-likeness (QED) is 0.603. The first-order valence-corrected chi connectivity index (χ1v) is 9.13. The van der Waals surface area contributed by atoms with Crippen LogP contribution in [0.4, 0.5) is 4.39 Å². The molecular formula is C18H25FN4OS. The van der Waals surface area contributed by atoms with Crippen molar-refractivity contribution in [1.82, 2.24) is 15.2 Å². The Hall–Kier alpha value is -1.99. The maximum atomic E-state index is 13.8. The number of benzene rings is 1. The van der Waals surface area contributed by atoms with Gasteiger partial charge in [0.1, 0.15) is 16.9 Å². The molecule has 0 aliphatic carbocycles. The Morgan fingerprint density at radius 2 is 2.20 bits per heavy atom. The fourth-order valence-electron chi connectivity index (χ4n) is 2.26. The Bertz CT molecular complexity index is 704. The van der Waals surface area contributed by atoms with E-state index < -0.39 is 0 Å². The van der Waals surface area contributed by atoms with E-state index in [0.29, 0.717) is 18.7 Å². The predicted molar refractivity (Wildman–Crippen MR) is 100 cm³/mol. The molecule has 1 atom stereocenters. The summed E-state index contributed by atoms with van der Waals surface area (Å²) in [6, 6.07) is 6.70. The van der Waals surface area contributed by atoms with Crippen LogP contribution in [0.3, 0.4) is 0 Å². The molecule has 5 nitrogen and oxygen atoms in total. The summed E-state index contributed by atoms with van der Waals surface area (Å²) in [7, 11) is 3.62. The normalized spacial score (nSPS) is 12.9. The summed E-state index contributed by atoms with van der Waals surface area (Å²) in [5.74, 6) is 0.488. The van der Waals surface area contributed by atoms with E-state index in [0.717, 1.165) is 23.2 Å².